The van der Waals surface area contributed by atoms with Crippen molar-refractivity contribution in [1.82, 2.24) is 0 Å². The summed E-state index contributed by atoms with van der Waals surface area (Å²) in [7, 11) is 0. The maximum absolute atomic E-state index is 5.88. The smallest absolute Gasteiger partial charge is 0.0384 e. The van der Waals surface area contributed by atoms with E-state index in [-0.39, 0.29) is 0 Å². The molecule has 2 N–H and O–H groups in total. The molecule has 1 aromatic carbocycles. The predicted molar refractivity (Wildman–Crippen MR) is 84.5 cm³/mol. The normalized spacial score (nSPS) is 13.2. The van der Waals surface area contributed by atoms with E-state index in [9.17, 15) is 0 Å². The molecule has 3 rings (SSSR count). The molecule has 0 fully saturated rings. The second kappa shape index (κ2) is 4.53. The first kappa shape index (κ1) is 12.5. The van der Waals surface area contributed by atoms with Crippen LogP contribution in [-0.4, -0.2) is 0 Å². The molecule has 0 unspecified atom stereocenters. The van der Waals surface area contributed by atoms with Crippen LogP contribution >= 0.6 is 11.3 Å². The van der Waals surface area contributed by atoms with E-state index in [2.05, 4.69) is 44.0 Å². The third-order valence-electron chi connectivity index (χ3n) is 3.92. The number of nitrogens with two attached hydrogens (primary N) is 1. The summed E-state index contributed by atoms with van der Waals surface area (Å²) < 4.78 is 0. The van der Waals surface area contributed by atoms with E-state index in [1.54, 1.807) is 11.3 Å². The summed E-state index contributed by atoms with van der Waals surface area (Å²) in [5, 5.41) is 2.15. The lowest BCUT2D eigenvalue weighted by Crippen LogP contribution is -2.06. The molecule has 1 nitrogen and oxygen atoms in total. The molecule has 19 heavy (non-hydrogen) atoms. The van der Waals surface area contributed by atoms with Crippen LogP contribution in [0.1, 0.15) is 42.0 Å². The Hall–Kier alpha value is -1.54. The fourth-order valence-corrected chi connectivity index (χ4v) is 4.00. The summed E-state index contributed by atoms with van der Waals surface area (Å²) in [4.78, 5) is 1.39. The standard InChI is InChI=1S/C17H19NS/c1-10(2)12-4-6-14-13(8-12)5-7-15-16(11(3)18)9-19-17(14)15/h4,6,8-10H,3,5,7,18H2,1-2H3. The zero-order chi connectivity index (χ0) is 13.6. The third-order valence-corrected chi connectivity index (χ3v) is 4.98. The molecule has 0 spiro atoms. The first-order chi connectivity index (χ1) is 9.08. The maximum Gasteiger partial charge on any atom is 0.0384 e. The van der Waals surface area contributed by atoms with E-state index >= 15 is 0 Å². The van der Waals surface area contributed by atoms with Gasteiger partial charge >= 0.3 is 0 Å². The van der Waals surface area contributed by atoms with Gasteiger partial charge in [-0.1, -0.05) is 38.6 Å². The molecule has 0 saturated carbocycles. The predicted octanol–water partition coefficient (Wildman–Crippen LogP) is 4.57. The van der Waals surface area contributed by atoms with Crippen LogP contribution < -0.4 is 5.73 Å². The molecule has 1 aliphatic carbocycles. The van der Waals surface area contributed by atoms with Crippen LogP contribution in [0.5, 0.6) is 0 Å². The van der Waals surface area contributed by atoms with E-state index in [4.69, 9.17) is 5.73 Å². The molecule has 1 aliphatic rings. The summed E-state index contributed by atoms with van der Waals surface area (Å²) in [5.41, 5.74) is 13.4. The Balaban J connectivity index is 2.12. The number of aryl methyl sites for hydroxylation is 1. The van der Waals surface area contributed by atoms with Crippen molar-refractivity contribution in [2.24, 2.45) is 5.73 Å². The summed E-state index contributed by atoms with van der Waals surface area (Å²) in [6.07, 6.45) is 2.19. The van der Waals surface area contributed by atoms with Gasteiger partial charge in [-0.2, -0.15) is 0 Å². The summed E-state index contributed by atoms with van der Waals surface area (Å²) >= 11 is 1.80. The van der Waals surface area contributed by atoms with E-state index < -0.39 is 0 Å². The van der Waals surface area contributed by atoms with Gasteiger partial charge in [-0.05, 0) is 41.0 Å². The highest BCUT2D eigenvalue weighted by Gasteiger charge is 2.21. The molecule has 0 saturated heterocycles. The van der Waals surface area contributed by atoms with Gasteiger partial charge in [0, 0.05) is 21.5 Å². The molecule has 0 amide bonds. The molecule has 2 heteroatoms. The lowest BCUT2D eigenvalue weighted by atomic mass is 9.86. The second-order valence-corrected chi connectivity index (χ2v) is 6.43. The topological polar surface area (TPSA) is 26.0 Å². The van der Waals surface area contributed by atoms with Crippen LogP contribution in [0.3, 0.4) is 0 Å². The molecule has 0 atom stereocenters. The summed E-state index contributed by atoms with van der Waals surface area (Å²) in [6, 6.07) is 6.91. The SMILES string of the molecule is C=C(N)c1csc2c1CCc1cc(C(C)C)ccc1-2. The van der Waals surface area contributed by atoms with Gasteiger partial charge in [-0.25, -0.2) is 0 Å². The highest BCUT2D eigenvalue weighted by atomic mass is 32.1. The monoisotopic (exact) mass is 269 g/mol. The highest BCUT2D eigenvalue weighted by molar-refractivity contribution is 7.14. The van der Waals surface area contributed by atoms with Crippen LogP contribution in [-0.2, 0) is 12.8 Å². The Bertz CT molecular complexity index is 649. The maximum atomic E-state index is 5.88. The Kier molecular flexibility index (Phi) is 2.98. The molecule has 1 heterocycles. The zero-order valence-electron chi connectivity index (χ0n) is 11.5. The van der Waals surface area contributed by atoms with Crippen molar-refractivity contribution in [2.75, 3.05) is 0 Å². The number of hydrogen-bond acceptors (Lipinski definition) is 2. The number of hydrogen-bond donors (Lipinski definition) is 1. The lowest BCUT2D eigenvalue weighted by Gasteiger charge is -2.19. The van der Waals surface area contributed by atoms with Crippen LogP contribution in [0.15, 0.2) is 30.2 Å². The quantitative estimate of drug-likeness (QED) is 0.849. The first-order valence-electron chi connectivity index (χ1n) is 6.76. The van der Waals surface area contributed by atoms with Crippen LogP contribution in [0.4, 0.5) is 0 Å². The lowest BCUT2D eigenvalue weighted by molar-refractivity contribution is 0.856. The van der Waals surface area contributed by atoms with Gasteiger partial charge < -0.3 is 5.73 Å². The first-order valence-corrected chi connectivity index (χ1v) is 7.64. The molecule has 0 aliphatic heterocycles. The van der Waals surface area contributed by atoms with Crippen molar-refractivity contribution < 1.29 is 0 Å². The van der Waals surface area contributed by atoms with Crippen molar-refractivity contribution >= 4 is 17.0 Å². The Morgan fingerprint density at radius 3 is 2.79 bits per heavy atom. The molecular weight excluding hydrogens is 250 g/mol. The number of benzene rings is 1. The van der Waals surface area contributed by atoms with Gasteiger partial charge in [-0.15, -0.1) is 11.3 Å². The molecule has 0 radical (unpaired) electrons. The van der Waals surface area contributed by atoms with Crippen molar-refractivity contribution in [3.8, 4) is 10.4 Å². The Morgan fingerprint density at radius 2 is 2.11 bits per heavy atom. The van der Waals surface area contributed by atoms with E-state index in [0.717, 1.165) is 18.4 Å². The fourth-order valence-electron chi connectivity index (χ4n) is 2.79. The average Bonchev–Trinajstić information content (AvgIpc) is 2.82. The summed E-state index contributed by atoms with van der Waals surface area (Å²) in [6.45, 7) is 8.38. The van der Waals surface area contributed by atoms with Crippen molar-refractivity contribution in [3.63, 3.8) is 0 Å². The van der Waals surface area contributed by atoms with Gasteiger partial charge in [0.2, 0.25) is 0 Å². The average molecular weight is 269 g/mol. The molecule has 0 bridgehead atoms. The van der Waals surface area contributed by atoms with Gasteiger partial charge in [-0.3, -0.25) is 0 Å². The van der Waals surface area contributed by atoms with Crippen molar-refractivity contribution in [3.05, 3.63) is 52.4 Å². The highest BCUT2D eigenvalue weighted by Crippen LogP contribution is 2.41. The Morgan fingerprint density at radius 1 is 1.32 bits per heavy atom. The minimum absolute atomic E-state index is 0.592. The van der Waals surface area contributed by atoms with Crippen LogP contribution in [0, 0.1) is 0 Å². The minimum atomic E-state index is 0.592. The van der Waals surface area contributed by atoms with Crippen LogP contribution in [0.2, 0.25) is 0 Å². The molecule has 1 aromatic heterocycles. The Labute approximate surface area is 118 Å². The third kappa shape index (κ3) is 2.00. The van der Waals surface area contributed by atoms with Crippen LogP contribution in [0.25, 0.3) is 16.1 Å². The second-order valence-electron chi connectivity index (χ2n) is 5.55. The summed E-state index contributed by atoms with van der Waals surface area (Å²) in [5.74, 6) is 0.592. The van der Waals surface area contributed by atoms with Crippen molar-refractivity contribution in [1.29, 1.82) is 0 Å². The number of thiophene rings is 1. The number of rotatable bonds is 2. The zero-order valence-corrected chi connectivity index (χ0v) is 12.3. The van der Waals surface area contributed by atoms with E-state index in [1.807, 2.05) is 0 Å². The molecular formula is C17H19NS. The van der Waals surface area contributed by atoms with Gasteiger partial charge in [0.05, 0.1) is 0 Å². The van der Waals surface area contributed by atoms with Gasteiger partial charge in [0.25, 0.3) is 0 Å². The van der Waals surface area contributed by atoms with Crippen molar-refractivity contribution in [2.45, 2.75) is 32.6 Å². The van der Waals surface area contributed by atoms with Gasteiger partial charge in [0.1, 0.15) is 0 Å². The molecule has 2 aromatic rings. The molecule has 98 valence electrons. The van der Waals surface area contributed by atoms with E-state index in [0.29, 0.717) is 11.6 Å². The fraction of sp³-hybridized carbons (Fsp3) is 0.294. The largest absolute Gasteiger partial charge is 0.399 e. The van der Waals surface area contributed by atoms with E-state index in [1.165, 1.54) is 27.1 Å². The van der Waals surface area contributed by atoms with Gasteiger partial charge in [0.15, 0.2) is 0 Å². The minimum Gasteiger partial charge on any atom is -0.399 e. The number of fused-ring (bicyclic) bond motifs is 3.